The fraction of sp³-hybridized carbons (Fsp3) is 0.600. The molecule has 3 N–H and O–H groups in total. The highest BCUT2D eigenvalue weighted by Crippen LogP contribution is 2.19. The van der Waals surface area contributed by atoms with Crippen molar-refractivity contribution in [2.45, 2.75) is 50.3 Å². The largest absolute Gasteiger partial charge is 0.395 e. The lowest BCUT2D eigenvalue weighted by Gasteiger charge is -2.29. The predicted molar refractivity (Wildman–Crippen MR) is 72.4 cm³/mol. The number of hydrogen-bond donors (Lipinski definition) is 3. The number of hydrogen-bond acceptors (Lipinski definition) is 3. The molecule has 18 heavy (non-hydrogen) atoms. The Kier molecular flexibility index (Phi) is 5.17. The maximum atomic E-state index is 9.48. The summed E-state index contributed by atoms with van der Waals surface area (Å²) in [5.41, 5.74) is 1.25. The van der Waals surface area contributed by atoms with Gasteiger partial charge in [-0.1, -0.05) is 30.3 Å². The number of aliphatic hydroxyl groups excluding tert-OH is 2. The van der Waals surface area contributed by atoms with Crippen LogP contribution in [0.3, 0.4) is 0 Å². The van der Waals surface area contributed by atoms with Gasteiger partial charge in [-0.25, -0.2) is 0 Å². The van der Waals surface area contributed by atoms with Gasteiger partial charge in [-0.3, -0.25) is 0 Å². The Bertz CT molecular complexity index is 334. The Morgan fingerprint density at radius 2 is 1.78 bits per heavy atom. The van der Waals surface area contributed by atoms with Crippen LogP contribution in [0.5, 0.6) is 0 Å². The van der Waals surface area contributed by atoms with Crippen LogP contribution < -0.4 is 5.32 Å². The van der Waals surface area contributed by atoms with Gasteiger partial charge in [-0.15, -0.1) is 0 Å². The lowest BCUT2D eigenvalue weighted by atomic mass is 9.92. The van der Waals surface area contributed by atoms with E-state index in [1.54, 1.807) is 0 Å². The van der Waals surface area contributed by atoms with Crippen molar-refractivity contribution in [3.05, 3.63) is 35.9 Å². The summed E-state index contributed by atoms with van der Waals surface area (Å²) in [6, 6.07) is 10.8. The number of benzene rings is 1. The first-order chi connectivity index (χ1) is 8.78. The molecular weight excluding hydrogens is 226 g/mol. The second kappa shape index (κ2) is 6.88. The lowest BCUT2D eigenvalue weighted by Crippen LogP contribution is -2.44. The first kappa shape index (κ1) is 13.5. The van der Waals surface area contributed by atoms with Crippen molar-refractivity contribution in [3.63, 3.8) is 0 Å². The molecule has 2 rings (SSSR count). The Morgan fingerprint density at radius 3 is 2.39 bits per heavy atom. The van der Waals surface area contributed by atoms with Crippen LogP contribution in [-0.2, 0) is 6.42 Å². The van der Waals surface area contributed by atoms with Gasteiger partial charge in [0.1, 0.15) is 0 Å². The van der Waals surface area contributed by atoms with Crippen LogP contribution >= 0.6 is 0 Å². The van der Waals surface area contributed by atoms with Crippen LogP contribution in [0.4, 0.5) is 0 Å². The Balaban J connectivity index is 1.82. The Morgan fingerprint density at radius 1 is 1.11 bits per heavy atom. The molecule has 1 atom stereocenters. The fourth-order valence-electron chi connectivity index (χ4n) is 2.65. The number of nitrogens with one attached hydrogen (secondary N) is 1. The maximum Gasteiger partial charge on any atom is 0.0587 e. The van der Waals surface area contributed by atoms with Crippen molar-refractivity contribution in [2.24, 2.45) is 0 Å². The van der Waals surface area contributed by atoms with Crippen LogP contribution in [0.25, 0.3) is 0 Å². The third kappa shape index (κ3) is 4.09. The predicted octanol–water partition coefficient (Wildman–Crippen LogP) is 1.48. The van der Waals surface area contributed by atoms with E-state index in [4.69, 9.17) is 0 Å². The van der Waals surface area contributed by atoms with E-state index in [1.807, 2.05) is 18.2 Å². The van der Waals surface area contributed by atoms with E-state index < -0.39 is 0 Å². The van der Waals surface area contributed by atoms with Crippen LogP contribution in [0, 0.1) is 0 Å². The van der Waals surface area contributed by atoms with E-state index in [0.29, 0.717) is 6.04 Å². The van der Waals surface area contributed by atoms with Gasteiger partial charge in [0.15, 0.2) is 0 Å². The van der Waals surface area contributed by atoms with Crippen molar-refractivity contribution in [3.8, 4) is 0 Å². The van der Waals surface area contributed by atoms with Gasteiger partial charge in [-0.2, -0.15) is 0 Å². The van der Waals surface area contributed by atoms with Crippen molar-refractivity contribution in [2.75, 3.05) is 6.61 Å². The summed E-state index contributed by atoms with van der Waals surface area (Å²) in [4.78, 5) is 0. The molecule has 1 saturated carbocycles. The van der Waals surface area contributed by atoms with Crippen LogP contribution in [-0.4, -0.2) is 35.0 Å². The monoisotopic (exact) mass is 249 g/mol. The summed E-state index contributed by atoms with van der Waals surface area (Å²) < 4.78 is 0. The molecule has 1 aliphatic carbocycles. The number of rotatable bonds is 5. The molecule has 3 heteroatoms. The van der Waals surface area contributed by atoms with Crippen molar-refractivity contribution < 1.29 is 10.2 Å². The quantitative estimate of drug-likeness (QED) is 0.741. The molecule has 1 aromatic carbocycles. The average Bonchev–Trinajstić information content (AvgIpc) is 2.41. The third-order valence-corrected chi connectivity index (χ3v) is 3.71. The third-order valence-electron chi connectivity index (χ3n) is 3.71. The molecular formula is C15H23NO2. The molecule has 1 aliphatic rings. The van der Waals surface area contributed by atoms with E-state index in [0.717, 1.165) is 32.1 Å². The van der Waals surface area contributed by atoms with E-state index in [-0.39, 0.29) is 18.8 Å². The van der Waals surface area contributed by atoms with Gasteiger partial charge in [0.25, 0.3) is 0 Å². The number of aliphatic hydroxyl groups is 2. The standard InChI is InChI=1S/C15H23NO2/c17-11-14(10-12-4-2-1-3-5-12)16-13-6-8-15(18)9-7-13/h1-5,13-18H,6-11H2/t13?,14-,15?/m1/s1. The van der Waals surface area contributed by atoms with Crippen molar-refractivity contribution in [1.29, 1.82) is 0 Å². The zero-order valence-corrected chi connectivity index (χ0v) is 10.8. The lowest BCUT2D eigenvalue weighted by molar-refractivity contribution is 0.110. The van der Waals surface area contributed by atoms with Gasteiger partial charge in [0.2, 0.25) is 0 Å². The minimum absolute atomic E-state index is 0.118. The molecule has 0 aromatic heterocycles. The van der Waals surface area contributed by atoms with E-state index in [2.05, 4.69) is 17.4 Å². The zero-order valence-electron chi connectivity index (χ0n) is 10.8. The Hall–Kier alpha value is -0.900. The summed E-state index contributed by atoms with van der Waals surface area (Å²) >= 11 is 0. The van der Waals surface area contributed by atoms with Gasteiger partial charge in [0.05, 0.1) is 12.7 Å². The van der Waals surface area contributed by atoms with Crippen LogP contribution in [0.15, 0.2) is 30.3 Å². The van der Waals surface area contributed by atoms with Gasteiger partial charge < -0.3 is 15.5 Å². The SMILES string of the molecule is OC[C@@H](Cc1ccccc1)NC1CCC(O)CC1. The minimum Gasteiger partial charge on any atom is -0.395 e. The minimum atomic E-state index is -0.121. The highest BCUT2D eigenvalue weighted by Gasteiger charge is 2.21. The summed E-state index contributed by atoms with van der Waals surface area (Å²) in [6.07, 6.45) is 4.50. The molecule has 0 saturated heterocycles. The average molecular weight is 249 g/mol. The van der Waals surface area contributed by atoms with E-state index in [9.17, 15) is 10.2 Å². The summed E-state index contributed by atoms with van der Waals surface area (Å²) in [5.74, 6) is 0. The highest BCUT2D eigenvalue weighted by atomic mass is 16.3. The van der Waals surface area contributed by atoms with Crippen LogP contribution in [0.1, 0.15) is 31.2 Å². The first-order valence-electron chi connectivity index (χ1n) is 6.87. The second-order valence-corrected chi connectivity index (χ2v) is 5.24. The Labute approximate surface area is 109 Å². The van der Waals surface area contributed by atoms with Gasteiger partial charge >= 0.3 is 0 Å². The van der Waals surface area contributed by atoms with Crippen molar-refractivity contribution >= 4 is 0 Å². The molecule has 1 fully saturated rings. The molecule has 0 unspecified atom stereocenters. The summed E-state index contributed by atoms with van der Waals surface area (Å²) in [7, 11) is 0. The first-order valence-corrected chi connectivity index (χ1v) is 6.87. The molecule has 0 amide bonds. The fourth-order valence-corrected chi connectivity index (χ4v) is 2.65. The molecule has 0 heterocycles. The van der Waals surface area contributed by atoms with E-state index in [1.165, 1.54) is 5.56 Å². The molecule has 0 spiro atoms. The van der Waals surface area contributed by atoms with Gasteiger partial charge in [0, 0.05) is 12.1 Å². The zero-order chi connectivity index (χ0) is 12.8. The van der Waals surface area contributed by atoms with Gasteiger partial charge in [-0.05, 0) is 37.7 Å². The molecule has 0 radical (unpaired) electrons. The molecule has 0 aliphatic heterocycles. The summed E-state index contributed by atoms with van der Waals surface area (Å²) in [5, 5.41) is 22.4. The topological polar surface area (TPSA) is 52.5 Å². The second-order valence-electron chi connectivity index (χ2n) is 5.24. The normalized spacial score (nSPS) is 25.9. The highest BCUT2D eigenvalue weighted by molar-refractivity contribution is 5.16. The maximum absolute atomic E-state index is 9.48. The smallest absolute Gasteiger partial charge is 0.0587 e. The van der Waals surface area contributed by atoms with E-state index >= 15 is 0 Å². The van der Waals surface area contributed by atoms with Crippen molar-refractivity contribution in [1.82, 2.24) is 5.32 Å². The molecule has 0 bridgehead atoms. The molecule has 1 aromatic rings. The molecule has 100 valence electrons. The molecule has 3 nitrogen and oxygen atoms in total. The van der Waals surface area contributed by atoms with Crippen LogP contribution in [0.2, 0.25) is 0 Å². The summed E-state index contributed by atoms with van der Waals surface area (Å²) in [6.45, 7) is 0.161.